The van der Waals surface area contributed by atoms with E-state index in [-0.39, 0.29) is 11.9 Å². The van der Waals surface area contributed by atoms with Gasteiger partial charge in [-0.25, -0.2) is 8.42 Å². The summed E-state index contributed by atoms with van der Waals surface area (Å²) in [4.78, 5) is 15.4. The van der Waals surface area contributed by atoms with Crippen LogP contribution in [0.1, 0.15) is 17.5 Å². The van der Waals surface area contributed by atoms with Crippen molar-refractivity contribution >= 4 is 16.0 Å². The highest BCUT2D eigenvalue weighted by atomic mass is 32.2. The number of carbonyl (C=O) groups is 1. The van der Waals surface area contributed by atoms with E-state index in [0.29, 0.717) is 37.5 Å². The van der Waals surface area contributed by atoms with Crippen LogP contribution in [0.15, 0.2) is 59.5 Å². The SMILES string of the molecule is COC(=O)C12CCN(S(=O)(=O)c3ccc(C)cc3)CC1CN(Cc1ccccc1)C2. The highest BCUT2D eigenvalue weighted by Gasteiger charge is 2.56. The predicted molar refractivity (Wildman–Crippen MR) is 114 cm³/mol. The van der Waals surface area contributed by atoms with Crippen molar-refractivity contribution in [3.63, 3.8) is 0 Å². The summed E-state index contributed by atoms with van der Waals surface area (Å²) in [7, 11) is -2.17. The number of carbonyl (C=O) groups excluding carboxylic acids is 1. The largest absolute Gasteiger partial charge is 0.469 e. The van der Waals surface area contributed by atoms with E-state index in [0.717, 1.165) is 12.1 Å². The molecule has 2 heterocycles. The van der Waals surface area contributed by atoms with E-state index in [9.17, 15) is 13.2 Å². The number of fused-ring (bicyclic) bond motifs is 1. The van der Waals surface area contributed by atoms with Gasteiger partial charge < -0.3 is 4.74 Å². The maximum atomic E-state index is 13.2. The van der Waals surface area contributed by atoms with Crippen molar-refractivity contribution in [3.8, 4) is 0 Å². The molecule has 2 saturated heterocycles. The summed E-state index contributed by atoms with van der Waals surface area (Å²) in [5.74, 6) is -0.321. The Morgan fingerprint density at radius 3 is 2.47 bits per heavy atom. The quantitative estimate of drug-likeness (QED) is 0.685. The summed E-state index contributed by atoms with van der Waals surface area (Å²) in [6.07, 6.45) is 0.473. The first kappa shape index (κ1) is 21.0. The summed E-state index contributed by atoms with van der Waals surface area (Å²) in [5, 5.41) is 0. The van der Waals surface area contributed by atoms with E-state index in [2.05, 4.69) is 17.0 Å². The van der Waals surface area contributed by atoms with Crippen molar-refractivity contribution in [2.45, 2.75) is 24.8 Å². The van der Waals surface area contributed by atoms with Crippen LogP contribution in [0.2, 0.25) is 0 Å². The Hall–Kier alpha value is -2.22. The number of ether oxygens (including phenoxy) is 1. The Bertz CT molecular complexity index is 1010. The third-order valence-electron chi connectivity index (χ3n) is 6.50. The number of sulfonamides is 1. The molecular weight excluding hydrogens is 400 g/mol. The topological polar surface area (TPSA) is 66.9 Å². The van der Waals surface area contributed by atoms with E-state index < -0.39 is 15.4 Å². The van der Waals surface area contributed by atoms with E-state index >= 15 is 0 Å². The lowest BCUT2D eigenvalue weighted by Gasteiger charge is -2.40. The van der Waals surface area contributed by atoms with Gasteiger partial charge in [-0.2, -0.15) is 4.31 Å². The Labute approximate surface area is 178 Å². The molecule has 0 N–H and O–H groups in total. The van der Waals surface area contributed by atoms with Crippen molar-refractivity contribution in [1.29, 1.82) is 0 Å². The van der Waals surface area contributed by atoms with Gasteiger partial charge in [-0.05, 0) is 31.0 Å². The molecule has 2 fully saturated rings. The van der Waals surface area contributed by atoms with E-state index in [1.807, 2.05) is 37.3 Å². The second kappa shape index (κ2) is 8.13. The smallest absolute Gasteiger partial charge is 0.313 e. The van der Waals surface area contributed by atoms with Gasteiger partial charge in [0, 0.05) is 38.6 Å². The number of piperidine rings is 1. The van der Waals surface area contributed by atoms with Crippen molar-refractivity contribution < 1.29 is 17.9 Å². The maximum Gasteiger partial charge on any atom is 0.313 e. The van der Waals surface area contributed by atoms with Gasteiger partial charge in [0.2, 0.25) is 10.0 Å². The van der Waals surface area contributed by atoms with Crippen LogP contribution < -0.4 is 0 Å². The molecule has 4 rings (SSSR count). The molecule has 2 atom stereocenters. The number of esters is 1. The van der Waals surface area contributed by atoms with Crippen molar-refractivity contribution in [1.82, 2.24) is 9.21 Å². The lowest BCUT2D eigenvalue weighted by molar-refractivity contribution is -0.156. The first-order valence-corrected chi connectivity index (χ1v) is 11.7. The van der Waals surface area contributed by atoms with Gasteiger partial charge in [-0.15, -0.1) is 0 Å². The van der Waals surface area contributed by atoms with Crippen LogP contribution in [0.4, 0.5) is 0 Å². The Morgan fingerprint density at radius 1 is 1.10 bits per heavy atom. The van der Waals surface area contributed by atoms with Crippen molar-refractivity contribution in [2.24, 2.45) is 11.3 Å². The first-order chi connectivity index (χ1) is 14.3. The molecule has 160 valence electrons. The number of hydrogen-bond donors (Lipinski definition) is 0. The molecule has 0 bridgehead atoms. The number of hydrogen-bond acceptors (Lipinski definition) is 5. The summed E-state index contributed by atoms with van der Waals surface area (Å²) < 4.78 is 33.1. The van der Waals surface area contributed by atoms with Crippen LogP contribution in [-0.4, -0.2) is 56.9 Å². The lowest BCUT2D eigenvalue weighted by atomic mass is 9.73. The number of benzene rings is 2. The summed E-state index contributed by atoms with van der Waals surface area (Å²) >= 11 is 0. The zero-order valence-corrected chi connectivity index (χ0v) is 18.3. The molecule has 2 unspecified atom stereocenters. The minimum atomic E-state index is -3.59. The van der Waals surface area contributed by atoms with Gasteiger partial charge in [0.05, 0.1) is 17.4 Å². The van der Waals surface area contributed by atoms with Gasteiger partial charge in [-0.1, -0.05) is 48.0 Å². The van der Waals surface area contributed by atoms with E-state index in [1.165, 1.54) is 17.0 Å². The number of rotatable bonds is 5. The third-order valence-corrected chi connectivity index (χ3v) is 8.38. The number of nitrogens with zero attached hydrogens (tertiary/aromatic N) is 2. The molecule has 0 radical (unpaired) electrons. The minimum Gasteiger partial charge on any atom is -0.469 e. The molecule has 2 aliphatic rings. The molecule has 2 aromatic rings. The first-order valence-electron chi connectivity index (χ1n) is 10.3. The molecule has 2 aliphatic heterocycles. The summed E-state index contributed by atoms with van der Waals surface area (Å²) in [6.45, 7) is 4.59. The minimum absolute atomic E-state index is 0.0948. The third kappa shape index (κ3) is 3.77. The average Bonchev–Trinajstić information content (AvgIpc) is 3.12. The highest BCUT2D eigenvalue weighted by molar-refractivity contribution is 7.89. The van der Waals surface area contributed by atoms with Gasteiger partial charge in [0.15, 0.2) is 0 Å². The number of aryl methyl sites for hydroxylation is 1. The van der Waals surface area contributed by atoms with Crippen LogP contribution in [-0.2, 0) is 26.1 Å². The Morgan fingerprint density at radius 2 is 1.80 bits per heavy atom. The fourth-order valence-electron chi connectivity index (χ4n) is 4.83. The van der Waals surface area contributed by atoms with Crippen molar-refractivity contribution in [3.05, 3.63) is 65.7 Å². The van der Waals surface area contributed by atoms with Gasteiger partial charge in [-0.3, -0.25) is 9.69 Å². The number of methoxy groups -OCH3 is 1. The standard InChI is InChI=1S/C23H28N2O4S/c1-18-8-10-21(11-9-18)30(27,28)25-13-12-23(22(26)29-2)17-24(15-20(23)16-25)14-19-6-4-3-5-7-19/h3-11,20H,12-17H2,1-2H3. The Balaban J connectivity index is 1.57. The molecule has 0 saturated carbocycles. The molecule has 6 nitrogen and oxygen atoms in total. The van der Waals surface area contributed by atoms with E-state index in [4.69, 9.17) is 4.74 Å². The second-order valence-electron chi connectivity index (χ2n) is 8.43. The Kier molecular flexibility index (Phi) is 5.70. The average molecular weight is 429 g/mol. The zero-order valence-electron chi connectivity index (χ0n) is 17.5. The molecule has 0 spiro atoms. The molecule has 30 heavy (non-hydrogen) atoms. The fourth-order valence-corrected chi connectivity index (χ4v) is 6.32. The van der Waals surface area contributed by atoms with Crippen LogP contribution in [0.25, 0.3) is 0 Å². The van der Waals surface area contributed by atoms with Gasteiger partial charge in [0.1, 0.15) is 0 Å². The van der Waals surface area contributed by atoms with Crippen LogP contribution in [0.3, 0.4) is 0 Å². The predicted octanol–water partition coefficient (Wildman–Crippen LogP) is 2.68. The second-order valence-corrected chi connectivity index (χ2v) is 10.4. The van der Waals surface area contributed by atoms with Crippen molar-refractivity contribution in [2.75, 3.05) is 33.3 Å². The zero-order chi connectivity index (χ0) is 21.4. The van der Waals surface area contributed by atoms with Gasteiger partial charge in [0.25, 0.3) is 0 Å². The molecular formula is C23H28N2O4S. The normalized spacial score (nSPS) is 25.1. The lowest BCUT2D eigenvalue weighted by Crippen LogP contribution is -2.52. The summed E-state index contributed by atoms with van der Waals surface area (Å²) in [5.41, 5.74) is 1.55. The molecule has 7 heteroatoms. The molecule has 2 aromatic carbocycles. The summed E-state index contributed by atoms with van der Waals surface area (Å²) in [6, 6.07) is 17.1. The highest BCUT2D eigenvalue weighted by Crippen LogP contribution is 2.45. The monoisotopic (exact) mass is 428 g/mol. The van der Waals surface area contributed by atoms with Gasteiger partial charge >= 0.3 is 5.97 Å². The van der Waals surface area contributed by atoms with Crippen LogP contribution in [0.5, 0.6) is 0 Å². The van der Waals surface area contributed by atoms with Crippen LogP contribution >= 0.6 is 0 Å². The molecule has 0 aliphatic carbocycles. The van der Waals surface area contributed by atoms with E-state index in [1.54, 1.807) is 12.1 Å². The maximum absolute atomic E-state index is 13.2. The fraction of sp³-hybridized carbons (Fsp3) is 0.435. The molecule has 0 aromatic heterocycles. The van der Waals surface area contributed by atoms with Crippen LogP contribution in [0, 0.1) is 18.3 Å². The molecule has 0 amide bonds. The number of likely N-dealkylation sites (tertiary alicyclic amines) is 1.